The van der Waals surface area contributed by atoms with E-state index in [0.717, 1.165) is 49.2 Å². The van der Waals surface area contributed by atoms with Crippen molar-refractivity contribution in [2.24, 2.45) is 0 Å². The van der Waals surface area contributed by atoms with Gasteiger partial charge >= 0.3 is 6.03 Å². The van der Waals surface area contributed by atoms with Crippen LogP contribution in [0, 0.1) is 6.92 Å². The Kier molecular flexibility index (Phi) is 10.4. The van der Waals surface area contributed by atoms with Crippen LogP contribution in [0.5, 0.6) is 11.5 Å². The van der Waals surface area contributed by atoms with Gasteiger partial charge in [0, 0.05) is 42.9 Å². The normalized spacial score (nSPS) is 10.8. The molecule has 3 N–H and O–H groups in total. The molecule has 0 spiro atoms. The van der Waals surface area contributed by atoms with E-state index in [1.807, 2.05) is 80.1 Å². The van der Waals surface area contributed by atoms with E-state index in [-0.39, 0.29) is 6.03 Å². The van der Waals surface area contributed by atoms with E-state index in [4.69, 9.17) is 15.2 Å². The summed E-state index contributed by atoms with van der Waals surface area (Å²) in [6.45, 7) is 4.34. The van der Waals surface area contributed by atoms with Crippen molar-refractivity contribution < 1.29 is 14.3 Å². The quantitative estimate of drug-likeness (QED) is 0.207. The number of carbonyl (C=O) groups excluding carboxylic acids is 1. The lowest BCUT2D eigenvalue weighted by Gasteiger charge is -2.24. The molecule has 0 aliphatic carbocycles. The molecule has 210 valence electrons. The van der Waals surface area contributed by atoms with Crippen LogP contribution in [-0.4, -0.2) is 40.8 Å². The molecule has 2 aromatic heterocycles. The van der Waals surface area contributed by atoms with E-state index < -0.39 is 0 Å². The lowest BCUT2D eigenvalue weighted by Crippen LogP contribution is -2.40. The second kappa shape index (κ2) is 14.6. The van der Waals surface area contributed by atoms with Gasteiger partial charge in [-0.3, -0.25) is 4.90 Å². The van der Waals surface area contributed by atoms with E-state index in [9.17, 15) is 4.79 Å². The number of benzene rings is 2. The number of nitrogen functional groups attached to an aromatic ring is 1. The molecule has 0 unspecified atom stereocenters. The number of imidazole rings is 1. The monoisotopic (exact) mass is 542 g/mol. The number of hydrogen-bond acceptors (Lipinski definition) is 6. The zero-order valence-corrected chi connectivity index (χ0v) is 23.3. The number of methoxy groups -OCH3 is 1. The van der Waals surface area contributed by atoms with Gasteiger partial charge in [-0.05, 0) is 68.0 Å². The average molecular weight is 543 g/mol. The number of aryl methyl sites for hydroxylation is 3. The minimum atomic E-state index is -0.168. The molecule has 9 nitrogen and oxygen atoms in total. The molecule has 0 aliphatic rings. The lowest BCUT2D eigenvalue weighted by atomic mass is 10.1. The molecule has 0 atom stereocenters. The maximum atomic E-state index is 13.4. The van der Waals surface area contributed by atoms with Gasteiger partial charge in [0.25, 0.3) is 0 Å². The Balaban J connectivity index is 1.36. The Morgan fingerprint density at radius 3 is 2.62 bits per heavy atom. The summed E-state index contributed by atoms with van der Waals surface area (Å²) < 4.78 is 13.8. The minimum Gasteiger partial charge on any atom is -0.493 e. The summed E-state index contributed by atoms with van der Waals surface area (Å²) in [7, 11) is 1.61. The first-order valence-electron chi connectivity index (χ1n) is 13.6. The number of carbonyl (C=O) groups is 1. The van der Waals surface area contributed by atoms with Crippen molar-refractivity contribution in [3.05, 3.63) is 96.2 Å². The fraction of sp³-hybridized carbons (Fsp3) is 0.323. The second-order valence-electron chi connectivity index (χ2n) is 9.62. The summed E-state index contributed by atoms with van der Waals surface area (Å²) in [5.74, 6) is 1.77. The van der Waals surface area contributed by atoms with Crippen LogP contribution >= 0.6 is 0 Å². The number of rotatable bonds is 14. The molecule has 0 saturated heterocycles. The highest BCUT2D eigenvalue weighted by molar-refractivity contribution is 5.92. The molecular formula is C31H38N6O3. The fourth-order valence-electron chi connectivity index (χ4n) is 4.41. The molecule has 2 aromatic carbocycles. The molecule has 0 saturated carbocycles. The number of urea groups is 1. The van der Waals surface area contributed by atoms with Crippen molar-refractivity contribution in [3.63, 3.8) is 0 Å². The van der Waals surface area contributed by atoms with E-state index in [2.05, 4.69) is 19.9 Å². The van der Waals surface area contributed by atoms with Crippen molar-refractivity contribution in [1.29, 1.82) is 0 Å². The number of ether oxygens (including phenoxy) is 2. The first kappa shape index (κ1) is 28.5. The Morgan fingerprint density at radius 1 is 1.02 bits per heavy atom. The van der Waals surface area contributed by atoms with Gasteiger partial charge in [0.15, 0.2) is 11.5 Å². The third-order valence-electron chi connectivity index (χ3n) is 6.62. The van der Waals surface area contributed by atoms with Crippen LogP contribution in [0.2, 0.25) is 0 Å². The summed E-state index contributed by atoms with van der Waals surface area (Å²) in [6, 6.07) is 19.3. The summed E-state index contributed by atoms with van der Waals surface area (Å²) in [4.78, 5) is 23.3. The molecular weight excluding hydrogens is 504 g/mol. The second-order valence-corrected chi connectivity index (χ2v) is 9.62. The Bertz CT molecular complexity index is 1360. The van der Waals surface area contributed by atoms with Gasteiger partial charge in [-0.2, -0.15) is 0 Å². The Labute approximate surface area is 236 Å². The fourth-order valence-corrected chi connectivity index (χ4v) is 4.41. The van der Waals surface area contributed by atoms with Crippen LogP contribution in [0.3, 0.4) is 0 Å². The number of pyridine rings is 1. The van der Waals surface area contributed by atoms with Crippen LogP contribution in [-0.2, 0) is 19.5 Å². The molecule has 0 bridgehead atoms. The standard InChI is InChI=1S/C31H38N6O3/c1-24-21-33-23-36(24)17-8-15-35-31(38)37(22-26-10-4-3-5-11-26)27-12-13-28(29(20-27)39-2)40-18-7-6-9-25-14-16-34-30(32)19-25/h3-5,10-14,16,19-21,23H,6-9,15,17-18,22H2,1-2H3,(H2,32,34)(H,35,38). The predicted molar refractivity (Wildman–Crippen MR) is 158 cm³/mol. The first-order valence-corrected chi connectivity index (χ1v) is 13.6. The van der Waals surface area contributed by atoms with Crippen LogP contribution in [0.1, 0.15) is 36.1 Å². The maximum absolute atomic E-state index is 13.4. The molecule has 9 heteroatoms. The van der Waals surface area contributed by atoms with E-state index in [1.54, 1.807) is 18.2 Å². The highest BCUT2D eigenvalue weighted by Gasteiger charge is 2.18. The number of amides is 2. The summed E-state index contributed by atoms with van der Waals surface area (Å²) in [5.41, 5.74) is 9.79. The number of anilines is 2. The number of nitrogens with one attached hydrogen (secondary N) is 1. The van der Waals surface area contributed by atoms with Crippen LogP contribution in [0.25, 0.3) is 0 Å². The van der Waals surface area contributed by atoms with Gasteiger partial charge in [-0.25, -0.2) is 14.8 Å². The Morgan fingerprint density at radius 2 is 1.88 bits per heavy atom. The summed E-state index contributed by atoms with van der Waals surface area (Å²) in [5, 5.41) is 3.07. The largest absolute Gasteiger partial charge is 0.493 e. The molecule has 0 fully saturated rings. The average Bonchev–Trinajstić information content (AvgIpc) is 3.38. The minimum absolute atomic E-state index is 0.168. The van der Waals surface area contributed by atoms with Gasteiger partial charge in [-0.15, -0.1) is 0 Å². The molecule has 4 aromatic rings. The Hall–Kier alpha value is -4.53. The number of nitrogens with two attached hydrogens (primary N) is 1. The molecule has 4 rings (SSSR count). The van der Waals surface area contributed by atoms with Gasteiger partial charge < -0.3 is 25.1 Å². The third kappa shape index (κ3) is 8.23. The molecule has 2 amide bonds. The molecule has 0 radical (unpaired) electrons. The number of aromatic nitrogens is 3. The highest BCUT2D eigenvalue weighted by Crippen LogP contribution is 2.33. The van der Waals surface area contributed by atoms with Gasteiger partial charge in [0.2, 0.25) is 0 Å². The smallest absolute Gasteiger partial charge is 0.322 e. The van der Waals surface area contributed by atoms with Crippen molar-refractivity contribution in [2.75, 3.05) is 30.9 Å². The molecule has 2 heterocycles. The third-order valence-corrected chi connectivity index (χ3v) is 6.62. The van der Waals surface area contributed by atoms with Crippen molar-refractivity contribution in [1.82, 2.24) is 19.9 Å². The van der Waals surface area contributed by atoms with Crippen LogP contribution < -0.4 is 25.4 Å². The number of nitrogens with zero attached hydrogens (tertiary/aromatic N) is 4. The van der Waals surface area contributed by atoms with Crippen molar-refractivity contribution in [2.45, 2.75) is 45.7 Å². The maximum Gasteiger partial charge on any atom is 0.322 e. The SMILES string of the molecule is COc1cc(N(Cc2ccccc2)C(=O)NCCCn2cncc2C)ccc1OCCCCc1ccnc(N)c1. The van der Waals surface area contributed by atoms with Crippen molar-refractivity contribution >= 4 is 17.5 Å². The number of hydrogen-bond donors (Lipinski definition) is 2. The predicted octanol–water partition coefficient (Wildman–Crippen LogP) is 5.39. The first-order chi connectivity index (χ1) is 19.5. The van der Waals surface area contributed by atoms with Gasteiger partial charge in [-0.1, -0.05) is 30.3 Å². The lowest BCUT2D eigenvalue weighted by molar-refractivity contribution is 0.245. The van der Waals surface area contributed by atoms with Crippen molar-refractivity contribution in [3.8, 4) is 11.5 Å². The summed E-state index contributed by atoms with van der Waals surface area (Å²) in [6.07, 6.45) is 8.94. The highest BCUT2D eigenvalue weighted by atomic mass is 16.5. The van der Waals surface area contributed by atoms with Gasteiger partial charge in [0.05, 0.1) is 26.6 Å². The van der Waals surface area contributed by atoms with E-state index in [1.165, 1.54) is 5.56 Å². The van der Waals surface area contributed by atoms with E-state index >= 15 is 0 Å². The zero-order chi connectivity index (χ0) is 28.2. The topological polar surface area (TPSA) is 108 Å². The van der Waals surface area contributed by atoms with Gasteiger partial charge in [0.1, 0.15) is 5.82 Å². The summed E-state index contributed by atoms with van der Waals surface area (Å²) >= 11 is 0. The van der Waals surface area contributed by atoms with Crippen LogP contribution in [0.15, 0.2) is 79.4 Å². The molecule has 40 heavy (non-hydrogen) atoms. The van der Waals surface area contributed by atoms with E-state index in [0.29, 0.717) is 37.0 Å². The molecule has 0 aliphatic heterocycles. The number of unbranched alkanes of at least 4 members (excludes halogenated alkanes) is 1. The van der Waals surface area contributed by atoms with Crippen LogP contribution in [0.4, 0.5) is 16.3 Å². The zero-order valence-electron chi connectivity index (χ0n) is 23.3.